The number of hydrogen-bond donors (Lipinski definition) is 5. The number of aromatic amines is 2. The lowest BCUT2D eigenvalue weighted by Crippen LogP contribution is -2.33. The van der Waals surface area contributed by atoms with Crippen molar-refractivity contribution < 1.29 is 33.3 Å². The number of ether oxygens (including phenoxy) is 2. The van der Waals surface area contributed by atoms with Gasteiger partial charge in [0.2, 0.25) is 5.95 Å². The maximum absolute atomic E-state index is 13.2. The molecule has 2 aliphatic rings. The van der Waals surface area contributed by atoms with Crippen LogP contribution in [0.15, 0.2) is 26.9 Å². The zero-order valence-corrected chi connectivity index (χ0v) is 21.8. The van der Waals surface area contributed by atoms with Gasteiger partial charge in [-0.15, -0.1) is 0 Å². The third kappa shape index (κ3) is 5.47. The van der Waals surface area contributed by atoms with Crippen molar-refractivity contribution in [3.8, 4) is 0 Å². The summed E-state index contributed by atoms with van der Waals surface area (Å²) in [5.41, 5.74) is 4.44. The van der Waals surface area contributed by atoms with E-state index < -0.39 is 67.9 Å². The first-order valence-electron chi connectivity index (χ1n) is 12.0. The second-order valence-corrected chi connectivity index (χ2v) is 11.5. The molecular weight excluding hydrogens is 541 g/mol. The standard InChI is InChI=1S/C21H28N7O10P/c1-9-5-27(21(33)26-18(9)31)14-3-10(30)13(37-14)7-35-39(2,34)38-11-4-15(36-12(11)6-29)28-8-23-16-17(28)24-20(22)25-19(16)32/h5,8,10-15,29-30H,3-4,6-7H2,1-2H3,(H,26,31,33)(H3,22,24,25,32)/t10?,11?,12-,13-,14-,15-,39?/m1/s1. The van der Waals surface area contributed by atoms with Gasteiger partial charge in [-0.1, -0.05) is 0 Å². The quantitative estimate of drug-likeness (QED) is 0.199. The Hall–Kier alpha value is -3.18. The first-order chi connectivity index (χ1) is 18.5. The second kappa shape index (κ2) is 10.4. The van der Waals surface area contributed by atoms with E-state index in [9.17, 15) is 29.2 Å². The van der Waals surface area contributed by atoms with Crippen LogP contribution in [0.2, 0.25) is 0 Å². The number of aliphatic hydroxyl groups is 2. The Kier molecular flexibility index (Phi) is 7.32. The van der Waals surface area contributed by atoms with Crippen LogP contribution in [-0.4, -0.2) is 83.6 Å². The fourth-order valence-electron chi connectivity index (χ4n) is 4.62. The van der Waals surface area contributed by atoms with Gasteiger partial charge in [-0.3, -0.25) is 33.3 Å². The third-order valence-electron chi connectivity index (χ3n) is 6.58. The molecule has 212 valence electrons. The number of H-pyrrole nitrogens is 2. The Morgan fingerprint density at radius 1 is 1.15 bits per heavy atom. The number of nitrogens with one attached hydrogen (secondary N) is 2. The van der Waals surface area contributed by atoms with Crippen molar-refractivity contribution in [1.29, 1.82) is 0 Å². The Bertz CT molecular complexity index is 1600. The van der Waals surface area contributed by atoms with Crippen LogP contribution in [0.4, 0.5) is 5.95 Å². The van der Waals surface area contributed by atoms with Gasteiger partial charge >= 0.3 is 13.3 Å². The average Bonchev–Trinajstić information content (AvgIpc) is 3.56. The molecule has 0 spiro atoms. The monoisotopic (exact) mass is 569 g/mol. The van der Waals surface area contributed by atoms with Crippen LogP contribution in [-0.2, 0) is 23.1 Å². The second-order valence-electron chi connectivity index (χ2n) is 9.44. The molecule has 0 saturated carbocycles. The van der Waals surface area contributed by atoms with E-state index in [1.807, 2.05) is 0 Å². The Labute approximate surface area is 219 Å². The molecular formula is C21H28N7O10P. The number of anilines is 1. The van der Waals surface area contributed by atoms with Gasteiger partial charge in [-0.05, 0) is 6.92 Å². The summed E-state index contributed by atoms with van der Waals surface area (Å²) in [5.74, 6) is -0.107. The molecule has 5 rings (SSSR count). The van der Waals surface area contributed by atoms with Crippen molar-refractivity contribution in [2.45, 2.75) is 56.6 Å². The van der Waals surface area contributed by atoms with Gasteiger partial charge in [0, 0.05) is 31.3 Å². The molecule has 3 unspecified atom stereocenters. The van der Waals surface area contributed by atoms with Crippen LogP contribution in [0.25, 0.3) is 11.2 Å². The molecule has 2 saturated heterocycles. The van der Waals surface area contributed by atoms with Crippen LogP contribution < -0.4 is 22.5 Å². The first-order valence-corrected chi connectivity index (χ1v) is 14.0. The number of nitrogens with zero attached hydrogens (tertiary/aromatic N) is 4. The van der Waals surface area contributed by atoms with Gasteiger partial charge in [0.1, 0.15) is 24.7 Å². The average molecular weight is 569 g/mol. The van der Waals surface area contributed by atoms with E-state index in [2.05, 4.69) is 19.9 Å². The summed E-state index contributed by atoms with van der Waals surface area (Å²) < 4.78 is 38.6. The molecule has 2 fully saturated rings. The predicted octanol–water partition coefficient (Wildman–Crippen LogP) is -1.29. The molecule has 0 aromatic carbocycles. The van der Waals surface area contributed by atoms with Crippen molar-refractivity contribution in [3.63, 3.8) is 0 Å². The van der Waals surface area contributed by atoms with Gasteiger partial charge in [0.15, 0.2) is 11.2 Å². The van der Waals surface area contributed by atoms with Gasteiger partial charge in [0.05, 0.1) is 31.7 Å². The first kappa shape index (κ1) is 27.4. The fraction of sp³-hybridized carbons (Fsp3) is 0.571. The van der Waals surface area contributed by atoms with Crippen molar-refractivity contribution in [3.05, 3.63) is 49.3 Å². The van der Waals surface area contributed by atoms with Crippen molar-refractivity contribution in [1.82, 2.24) is 29.1 Å². The Morgan fingerprint density at radius 2 is 1.87 bits per heavy atom. The molecule has 2 aliphatic heterocycles. The maximum Gasteiger partial charge on any atom is 0.330 e. The van der Waals surface area contributed by atoms with E-state index in [1.165, 1.54) is 35.2 Å². The van der Waals surface area contributed by atoms with Gasteiger partial charge in [-0.25, -0.2) is 9.78 Å². The van der Waals surface area contributed by atoms with Crippen LogP contribution in [0, 0.1) is 6.92 Å². The summed E-state index contributed by atoms with van der Waals surface area (Å²) in [7, 11) is -3.77. The molecule has 5 heterocycles. The zero-order valence-electron chi connectivity index (χ0n) is 20.9. The molecule has 3 aromatic heterocycles. The Balaban J connectivity index is 1.23. The fourth-order valence-corrected chi connectivity index (χ4v) is 5.81. The van der Waals surface area contributed by atoms with E-state index in [4.69, 9.17) is 24.3 Å². The molecule has 18 heteroatoms. The van der Waals surface area contributed by atoms with E-state index in [0.717, 1.165) is 0 Å². The highest BCUT2D eigenvalue weighted by atomic mass is 31.2. The number of rotatable bonds is 8. The summed E-state index contributed by atoms with van der Waals surface area (Å²) >= 11 is 0. The van der Waals surface area contributed by atoms with Crippen molar-refractivity contribution in [2.24, 2.45) is 0 Å². The van der Waals surface area contributed by atoms with E-state index in [-0.39, 0.29) is 36.6 Å². The topological polar surface area (TPSA) is 239 Å². The van der Waals surface area contributed by atoms with Gasteiger partial charge < -0.3 is 34.5 Å². The molecule has 6 N–H and O–H groups in total. The summed E-state index contributed by atoms with van der Waals surface area (Å²) in [6.07, 6.45) is -2.50. The molecule has 17 nitrogen and oxygen atoms in total. The lowest BCUT2D eigenvalue weighted by Gasteiger charge is -2.23. The Morgan fingerprint density at radius 3 is 2.62 bits per heavy atom. The number of nitrogen functional groups attached to an aromatic ring is 1. The molecule has 0 amide bonds. The molecule has 0 aliphatic carbocycles. The van der Waals surface area contributed by atoms with Crippen molar-refractivity contribution in [2.75, 3.05) is 25.6 Å². The number of imidazole rings is 1. The minimum atomic E-state index is -3.77. The molecule has 39 heavy (non-hydrogen) atoms. The zero-order chi connectivity index (χ0) is 28.1. The number of nitrogens with two attached hydrogens (primary N) is 1. The molecule has 0 radical (unpaired) electrons. The van der Waals surface area contributed by atoms with E-state index in [0.29, 0.717) is 5.56 Å². The number of aromatic nitrogens is 6. The van der Waals surface area contributed by atoms with Crippen LogP contribution in [0.5, 0.6) is 0 Å². The number of hydrogen-bond acceptors (Lipinski definition) is 13. The van der Waals surface area contributed by atoms with Crippen molar-refractivity contribution >= 4 is 24.7 Å². The normalized spacial score (nSPS) is 28.7. The number of aryl methyl sites for hydroxylation is 1. The minimum Gasteiger partial charge on any atom is -0.394 e. The van der Waals surface area contributed by atoms with Crippen LogP contribution in [0.3, 0.4) is 0 Å². The smallest absolute Gasteiger partial charge is 0.330 e. The molecule has 0 bridgehead atoms. The highest BCUT2D eigenvalue weighted by Gasteiger charge is 2.42. The SMILES string of the molecule is Cc1cn([C@H]2CC(O)[C@@H](COP(C)(=O)OC3C[C@H](n4cnc5c(=O)[nH]c(N)nc54)O[C@@H]3CO)O2)c(=O)[nH]c1=O. The van der Waals surface area contributed by atoms with Crippen LogP contribution in [0.1, 0.15) is 30.9 Å². The largest absolute Gasteiger partial charge is 0.394 e. The summed E-state index contributed by atoms with van der Waals surface area (Å²) in [4.78, 5) is 48.5. The summed E-state index contributed by atoms with van der Waals surface area (Å²) in [6.45, 7) is 1.99. The predicted molar refractivity (Wildman–Crippen MR) is 133 cm³/mol. The summed E-state index contributed by atoms with van der Waals surface area (Å²) in [6, 6.07) is 0. The maximum atomic E-state index is 13.2. The van der Waals surface area contributed by atoms with Gasteiger partial charge in [0.25, 0.3) is 11.1 Å². The van der Waals surface area contributed by atoms with E-state index in [1.54, 1.807) is 0 Å². The summed E-state index contributed by atoms with van der Waals surface area (Å²) in [5, 5.41) is 20.3. The number of aliphatic hydroxyl groups excluding tert-OH is 2. The third-order valence-corrected chi connectivity index (χ3v) is 7.85. The lowest BCUT2D eigenvalue weighted by atomic mass is 10.2. The molecule has 3 aromatic rings. The van der Waals surface area contributed by atoms with Crippen LogP contribution >= 0.6 is 7.60 Å². The minimum absolute atomic E-state index is 0.0409. The lowest BCUT2D eigenvalue weighted by molar-refractivity contribution is -0.0510. The van der Waals surface area contributed by atoms with Gasteiger partial charge in [-0.2, -0.15) is 4.98 Å². The number of fused-ring (bicyclic) bond motifs is 1. The highest BCUT2D eigenvalue weighted by Crippen LogP contribution is 2.49. The molecule has 7 atom stereocenters. The highest BCUT2D eigenvalue weighted by molar-refractivity contribution is 7.53. The van der Waals surface area contributed by atoms with E-state index >= 15 is 0 Å².